The summed E-state index contributed by atoms with van der Waals surface area (Å²) in [5, 5.41) is 10.8. The van der Waals surface area contributed by atoms with Crippen molar-refractivity contribution in [3.63, 3.8) is 0 Å². The zero-order chi connectivity index (χ0) is 27.1. The average molecular weight is 588 g/mol. The molecule has 0 radical (unpaired) electrons. The molecule has 0 saturated heterocycles. The summed E-state index contributed by atoms with van der Waals surface area (Å²) in [5.74, 6) is 0.676. The van der Waals surface area contributed by atoms with E-state index in [1.807, 2.05) is 19.1 Å². The number of amides is 1. The van der Waals surface area contributed by atoms with Crippen LogP contribution in [0.4, 0.5) is 16.2 Å². The van der Waals surface area contributed by atoms with Crippen LogP contribution in [0.2, 0.25) is 0 Å². The second-order valence-corrected chi connectivity index (χ2v) is 8.40. The summed E-state index contributed by atoms with van der Waals surface area (Å²) in [6.45, 7) is 4.34. The van der Waals surface area contributed by atoms with E-state index in [-0.39, 0.29) is 50.2 Å². The standard InChI is InChI=1S/C27H29N7O4.2ClH/c1-3-37-24(35)12-14-34(20-5-4-13-30-15-20)27(36)38-22-11-10-21-25(17(22)2)33-23(32-21)16-31-19-8-6-18(7-9-19)26(28)29;;/h4-11,13,15,31H,3,12,14,16H2,1-2H3,(H3,28,29)(H,32,33);2*1H. The highest BCUT2D eigenvalue weighted by molar-refractivity contribution is 5.95. The minimum Gasteiger partial charge on any atom is -0.466 e. The second-order valence-electron chi connectivity index (χ2n) is 8.40. The fourth-order valence-electron chi connectivity index (χ4n) is 3.82. The van der Waals surface area contributed by atoms with Gasteiger partial charge in [-0.15, -0.1) is 24.8 Å². The average Bonchev–Trinajstić information content (AvgIpc) is 3.34. The Bertz CT molecular complexity index is 1450. The van der Waals surface area contributed by atoms with Gasteiger partial charge in [0.1, 0.15) is 17.4 Å². The molecule has 2 aromatic heterocycles. The number of nitrogens with one attached hydrogen (secondary N) is 3. The van der Waals surface area contributed by atoms with Crippen molar-refractivity contribution in [1.82, 2.24) is 15.0 Å². The molecule has 212 valence electrons. The predicted octanol–water partition coefficient (Wildman–Crippen LogP) is 4.96. The maximum absolute atomic E-state index is 13.2. The summed E-state index contributed by atoms with van der Waals surface area (Å²) in [5.41, 5.74) is 9.70. The largest absolute Gasteiger partial charge is 0.466 e. The van der Waals surface area contributed by atoms with Crippen LogP contribution >= 0.6 is 24.8 Å². The van der Waals surface area contributed by atoms with Gasteiger partial charge in [-0.3, -0.25) is 20.1 Å². The Kier molecular flexibility index (Phi) is 11.7. The van der Waals surface area contributed by atoms with Crippen molar-refractivity contribution in [3.8, 4) is 5.75 Å². The summed E-state index contributed by atoms with van der Waals surface area (Å²) >= 11 is 0. The molecule has 5 N–H and O–H groups in total. The number of anilines is 2. The molecule has 2 heterocycles. The van der Waals surface area contributed by atoms with Crippen molar-refractivity contribution in [2.24, 2.45) is 5.73 Å². The number of rotatable bonds is 10. The number of imidazole rings is 1. The van der Waals surface area contributed by atoms with E-state index in [4.69, 9.17) is 20.6 Å². The number of halogens is 2. The predicted molar refractivity (Wildman–Crippen MR) is 159 cm³/mol. The van der Waals surface area contributed by atoms with Crippen LogP contribution in [0.3, 0.4) is 0 Å². The van der Waals surface area contributed by atoms with Crippen LogP contribution in [0.15, 0.2) is 60.9 Å². The number of amidine groups is 1. The molecule has 0 aliphatic heterocycles. The Balaban J connectivity index is 0.00000280. The minimum atomic E-state index is -0.642. The fourth-order valence-corrected chi connectivity index (χ4v) is 3.82. The maximum Gasteiger partial charge on any atom is 0.419 e. The number of ether oxygens (including phenoxy) is 2. The van der Waals surface area contributed by atoms with E-state index in [1.54, 1.807) is 49.5 Å². The number of benzene rings is 2. The van der Waals surface area contributed by atoms with Crippen molar-refractivity contribution in [1.29, 1.82) is 5.41 Å². The van der Waals surface area contributed by atoms with E-state index in [9.17, 15) is 9.59 Å². The highest BCUT2D eigenvalue weighted by Crippen LogP contribution is 2.27. The first-order valence-electron chi connectivity index (χ1n) is 12.1. The summed E-state index contributed by atoms with van der Waals surface area (Å²) in [7, 11) is 0. The lowest BCUT2D eigenvalue weighted by Crippen LogP contribution is -2.35. The molecule has 0 saturated carbocycles. The van der Waals surface area contributed by atoms with Gasteiger partial charge in [-0.25, -0.2) is 9.78 Å². The number of nitrogens with zero attached hydrogens (tertiary/aromatic N) is 3. The van der Waals surface area contributed by atoms with Crippen molar-refractivity contribution >= 4 is 65.1 Å². The molecule has 0 atom stereocenters. The van der Waals surface area contributed by atoms with E-state index >= 15 is 0 Å². The van der Waals surface area contributed by atoms with Gasteiger partial charge in [-0.1, -0.05) is 0 Å². The Morgan fingerprint density at radius 3 is 2.52 bits per heavy atom. The van der Waals surface area contributed by atoms with E-state index in [1.165, 1.54) is 11.1 Å². The van der Waals surface area contributed by atoms with Crippen LogP contribution in [0.5, 0.6) is 5.75 Å². The monoisotopic (exact) mass is 587 g/mol. The van der Waals surface area contributed by atoms with Gasteiger partial charge in [0.15, 0.2) is 0 Å². The number of hydrogen-bond donors (Lipinski definition) is 4. The van der Waals surface area contributed by atoms with Gasteiger partial charge in [0.05, 0.1) is 42.5 Å². The molecule has 0 spiro atoms. The Labute approximate surface area is 243 Å². The lowest BCUT2D eigenvalue weighted by atomic mass is 10.2. The third-order valence-electron chi connectivity index (χ3n) is 5.78. The summed E-state index contributed by atoms with van der Waals surface area (Å²) in [6.07, 6.45) is 2.50. The lowest BCUT2D eigenvalue weighted by Gasteiger charge is -2.22. The summed E-state index contributed by atoms with van der Waals surface area (Å²) in [4.78, 5) is 38.4. The number of aryl methyl sites for hydroxylation is 1. The number of esters is 1. The number of pyridine rings is 1. The van der Waals surface area contributed by atoms with E-state index in [0.717, 1.165) is 11.2 Å². The number of aromatic nitrogens is 3. The Morgan fingerprint density at radius 2 is 1.88 bits per heavy atom. The third kappa shape index (κ3) is 7.84. The number of H-pyrrole nitrogens is 1. The third-order valence-corrected chi connectivity index (χ3v) is 5.78. The molecule has 0 bridgehead atoms. The van der Waals surface area contributed by atoms with Gasteiger partial charge >= 0.3 is 12.1 Å². The summed E-state index contributed by atoms with van der Waals surface area (Å²) in [6, 6.07) is 14.2. The second kappa shape index (κ2) is 14.7. The van der Waals surface area contributed by atoms with Crippen molar-refractivity contribution in [2.45, 2.75) is 26.8 Å². The molecular weight excluding hydrogens is 557 g/mol. The van der Waals surface area contributed by atoms with Gasteiger partial charge in [0.2, 0.25) is 0 Å². The number of nitrogen functional groups attached to an aromatic ring is 1. The van der Waals surface area contributed by atoms with Gasteiger partial charge in [0.25, 0.3) is 0 Å². The SMILES string of the molecule is CCOC(=O)CCN(C(=O)Oc1ccc2[nH]c(CNc3ccc(C(=N)N)cc3)nc2c1C)c1cccnc1.Cl.Cl. The normalized spacial score (nSPS) is 10.2. The smallest absolute Gasteiger partial charge is 0.419 e. The zero-order valence-corrected chi connectivity index (χ0v) is 23.6. The number of hydrogen-bond acceptors (Lipinski definition) is 8. The first-order chi connectivity index (χ1) is 18.4. The van der Waals surface area contributed by atoms with Crippen molar-refractivity contribution in [3.05, 3.63) is 77.9 Å². The van der Waals surface area contributed by atoms with Gasteiger partial charge < -0.3 is 25.5 Å². The molecule has 40 heavy (non-hydrogen) atoms. The number of aromatic amines is 1. The quantitative estimate of drug-likeness (QED) is 0.115. The van der Waals surface area contributed by atoms with Crippen molar-refractivity contribution < 1.29 is 19.1 Å². The van der Waals surface area contributed by atoms with Crippen LogP contribution in [0, 0.1) is 12.3 Å². The molecule has 4 aromatic rings. The molecule has 0 fully saturated rings. The maximum atomic E-state index is 13.2. The summed E-state index contributed by atoms with van der Waals surface area (Å²) < 4.78 is 10.7. The number of carbonyl (C=O) groups is 2. The van der Waals surface area contributed by atoms with Crippen LogP contribution in [0.25, 0.3) is 11.0 Å². The zero-order valence-electron chi connectivity index (χ0n) is 22.0. The molecule has 1 amide bonds. The highest BCUT2D eigenvalue weighted by atomic mass is 35.5. The van der Waals surface area contributed by atoms with Crippen LogP contribution in [-0.2, 0) is 16.1 Å². The minimum absolute atomic E-state index is 0. The first kappa shape index (κ1) is 31.9. The number of carbonyl (C=O) groups excluding carboxylic acids is 2. The molecule has 4 rings (SSSR count). The molecule has 2 aromatic carbocycles. The molecular formula is C27H31Cl2N7O4. The van der Waals surface area contributed by atoms with E-state index in [2.05, 4.69) is 20.3 Å². The molecule has 0 aliphatic carbocycles. The Morgan fingerprint density at radius 1 is 1.12 bits per heavy atom. The van der Waals surface area contributed by atoms with Gasteiger partial charge in [-0.05, 0) is 62.4 Å². The fraction of sp³-hybridized carbons (Fsp3) is 0.222. The Hall–Kier alpha value is -4.35. The number of fused-ring (bicyclic) bond motifs is 1. The topological polar surface area (TPSA) is 159 Å². The van der Waals surface area contributed by atoms with Gasteiger partial charge in [0, 0.05) is 29.6 Å². The van der Waals surface area contributed by atoms with E-state index < -0.39 is 12.1 Å². The van der Waals surface area contributed by atoms with Crippen LogP contribution < -0.4 is 20.7 Å². The van der Waals surface area contributed by atoms with Crippen LogP contribution in [-0.4, -0.2) is 46.0 Å². The molecule has 0 unspecified atom stereocenters. The first-order valence-corrected chi connectivity index (χ1v) is 12.1. The van der Waals surface area contributed by atoms with Crippen molar-refractivity contribution in [2.75, 3.05) is 23.4 Å². The molecule has 13 heteroatoms. The van der Waals surface area contributed by atoms with E-state index in [0.29, 0.717) is 40.4 Å². The van der Waals surface area contributed by atoms with Crippen LogP contribution in [0.1, 0.15) is 30.3 Å². The lowest BCUT2D eigenvalue weighted by molar-refractivity contribution is -0.142. The molecule has 0 aliphatic rings. The highest BCUT2D eigenvalue weighted by Gasteiger charge is 2.21. The molecule has 11 nitrogen and oxygen atoms in total. The number of nitrogens with two attached hydrogens (primary N) is 1. The van der Waals surface area contributed by atoms with Gasteiger partial charge in [-0.2, -0.15) is 0 Å².